The molecule has 1 nitrogen and oxygen atoms in total. The second-order valence-corrected chi connectivity index (χ2v) is 4.69. The van der Waals surface area contributed by atoms with Crippen molar-refractivity contribution in [1.82, 2.24) is 4.98 Å². The topological polar surface area (TPSA) is 12.9 Å². The average Bonchev–Trinajstić information content (AvgIpc) is 2.16. The molecule has 0 aliphatic rings. The third-order valence-electron chi connectivity index (χ3n) is 2.23. The van der Waals surface area contributed by atoms with Crippen LogP contribution in [-0.4, -0.2) is 9.81 Å². The maximum atomic E-state index is 6.04. The Morgan fingerprint density at radius 3 is 2.85 bits per heavy atom. The summed E-state index contributed by atoms with van der Waals surface area (Å²) in [7, 11) is 0. The summed E-state index contributed by atoms with van der Waals surface area (Å²) in [5.74, 6) is 0.431. The van der Waals surface area contributed by atoms with E-state index in [4.69, 9.17) is 11.6 Å². The van der Waals surface area contributed by atoms with Gasteiger partial charge in [0, 0.05) is 17.2 Å². The van der Waals surface area contributed by atoms with Crippen molar-refractivity contribution in [1.29, 1.82) is 0 Å². The highest BCUT2D eigenvalue weighted by Crippen LogP contribution is 2.30. The quantitative estimate of drug-likeness (QED) is 0.750. The van der Waals surface area contributed by atoms with E-state index in [0.717, 1.165) is 11.4 Å². The van der Waals surface area contributed by atoms with Crippen LogP contribution < -0.4 is 0 Å². The van der Waals surface area contributed by atoms with E-state index in [0.29, 0.717) is 10.7 Å². The van der Waals surface area contributed by atoms with Crippen molar-refractivity contribution in [2.24, 2.45) is 0 Å². The third-order valence-corrected chi connectivity index (χ3v) is 3.98. The summed E-state index contributed by atoms with van der Waals surface area (Å²) < 4.78 is 0. The van der Waals surface area contributed by atoms with Crippen LogP contribution in [0.4, 0.5) is 0 Å². The van der Waals surface area contributed by atoms with Gasteiger partial charge < -0.3 is 0 Å². The van der Waals surface area contributed by atoms with Crippen LogP contribution in [0.3, 0.4) is 0 Å². The predicted molar refractivity (Wildman–Crippen MR) is 60.7 cm³/mol. The second kappa shape index (κ2) is 4.97. The largest absolute Gasteiger partial charge is 0.263 e. The Kier molecular flexibility index (Phi) is 4.20. The Bertz CT molecular complexity index is 277. The molecule has 2 atom stereocenters. The highest BCUT2D eigenvalue weighted by atomic mass is 79.9. The molecule has 0 aromatic carbocycles. The number of hydrogen-bond donors (Lipinski definition) is 0. The molecule has 3 heteroatoms. The average molecular weight is 263 g/mol. The molecule has 1 aromatic rings. The Morgan fingerprint density at radius 2 is 2.31 bits per heavy atom. The van der Waals surface area contributed by atoms with E-state index in [-0.39, 0.29) is 0 Å². The summed E-state index contributed by atoms with van der Waals surface area (Å²) in [6.07, 6.45) is 4.58. The summed E-state index contributed by atoms with van der Waals surface area (Å²) in [4.78, 5) is 4.44. The summed E-state index contributed by atoms with van der Waals surface area (Å²) >= 11 is 9.67. The minimum absolute atomic E-state index is 0.431. The fourth-order valence-electron chi connectivity index (χ4n) is 1.30. The molecule has 0 N–H and O–H groups in total. The number of hydrogen-bond acceptors (Lipinski definition) is 1. The van der Waals surface area contributed by atoms with Gasteiger partial charge in [0.05, 0.1) is 5.02 Å². The van der Waals surface area contributed by atoms with E-state index in [1.807, 2.05) is 6.07 Å². The van der Waals surface area contributed by atoms with Gasteiger partial charge in [-0.15, -0.1) is 0 Å². The normalized spacial score (nSPS) is 15.4. The molecule has 0 saturated carbocycles. The molecular formula is C10H13BrClN. The van der Waals surface area contributed by atoms with Crippen molar-refractivity contribution >= 4 is 27.5 Å². The van der Waals surface area contributed by atoms with Crippen LogP contribution in [0.1, 0.15) is 31.7 Å². The molecule has 0 fully saturated rings. The number of nitrogens with zero attached hydrogens (tertiary/aromatic N) is 1. The van der Waals surface area contributed by atoms with Crippen LogP contribution in [0.25, 0.3) is 0 Å². The molecule has 72 valence electrons. The number of pyridine rings is 1. The van der Waals surface area contributed by atoms with Gasteiger partial charge >= 0.3 is 0 Å². The van der Waals surface area contributed by atoms with Crippen molar-refractivity contribution in [3.05, 3.63) is 29.0 Å². The van der Waals surface area contributed by atoms with Gasteiger partial charge in [-0.3, -0.25) is 4.98 Å². The fraction of sp³-hybridized carbons (Fsp3) is 0.500. The maximum absolute atomic E-state index is 6.04. The van der Waals surface area contributed by atoms with Crippen LogP contribution in [0, 0.1) is 0 Å². The van der Waals surface area contributed by atoms with Gasteiger partial charge in [-0.25, -0.2) is 0 Å². The fourth-order valence-corrected chi connectivity index (χ4v) is 1.88. The minimum Gasteiger partial charge on any atom is -0.263 e. The van der Waals surface area contributed by atoms with Crippen molar-refractivity contribution in [3.8, 4) is 0 Å². The van der Waals surface area contributed by atoms with E-state index in [9.17, 15) is 0 Å². The Labute approximate surface area is 92.6 Å². The van der Waals surface area contributed by atoms with Crippen LogP contribution in [0.2, 0.25) is 5.02 Å². The van der Waals surface area contributed by atoms with Crippen LogP contribution in [-0.2, 0) is 0 Å². The molecule has 0 bridgehead atoms. The lowest BCUT2D eigenvalue weighted by atomic mass is 9.97. The maximum Gasteiger partial charge on any atom is 0.0624 e. The van der Waals surface area contributed by atoms with Crippen molar-refractivity contribution in [2.45, 2.75) is 31.0 Å². The molecule has 0 radical (unpaired) electrons. The molecule has 0 saturated heterocycles. The predicted octanol–water partition coefficient (Wildman–Crippen LogP) is 4.01. The Morgan fingerprint density at radius 1 is 1.62 bits per heavy atom. The first-order valence-electron chi connectivity index (χ1n) is 4.40. The zero-order chi connectivity index (χ0) is 9.84. The molecule has 1 rings (SSSR count). The highest BCUT2D eigenvalue weighted by Gasteiger charge is 2.16. The minimum atomic E-state index is 0.431. The first-order valence-corrected chi connectivity index (χ1v) is 5.69. The first kappa shape index (κ1) is 11.0. The molecule has 13 heavy (non-hydrogen) atoms. The zero-order valence-corrected chi connectivity index (χ0v) is 10.1. The highest BCUT2D eigenvalue weighted by molar-refractivity contribution is 9.09. The van der Waals surface area contributed by atoms with Gasteiger partial charge in [0.2, 0.25) is 0 Å². The van der Waals surface area contributed by atoms with Gasteiger partial charge in [0.15, 0.2) is 0 Å². The van der Waals surface area contributed by atoms with Gasteiger partial charge in [-0.05, 0) is 24.0 Å². The molecule has 0 spiro atoms. The lowest BCUT2D eigenvalue weighted by Gasteiger charge is -2.17. The summed E-state index contributed by atoms with van der Waals surface area (Å²) in [6.45, 7) is 4.33. The lowest BCUT2D eigenvalue weighted by molar-refractivity contribution is 0.693. The Hall–Kier alpha value is -0.0800. The molecule has 0 aliphatic heterocycles. The third kappa shape index (κ3) is 2.68. The van der Waals surface area contributed by atoms with Gasteiger partial charge in [0.25, 0.3) is 0 Å². The number of aromatic nitrogens is 1. The van der Waals surface area contributed by atoms with Crippen LogP contribution >= 0.6 is 27.5 Å². The molecule has 1 aromatic heterocycles. The molecule has 2 unspecified atom stereocenters. The number of rotatable bonds is 3. The summed E-state index contributed by atoms with van der Waals surface area (Å²) in [5.41, 5.74) is 1.17. The van der Waals surface area contributed by atoms with Crippen LogP contribution in [0.5, 0.6) is 0 Å². The lowest BCUT2D eigenvalue weighted by Crippen LogP contribution is -2.08. The summed E-state index contributed by atoms with van der Waals surface area (Å²) in [6, 6.07) is 1.98. The molecule has 0 amide bonds. The summed E-state index contributed by atoms with van der Waals surface area (Å²) in [5, 5.41) is 0.757. The zero-order valence-electron chi connectivity index (χ0n) is 7.80. The number of halogens is 2. The van der Waals surface area contributed by atoms with E-state index in [1.165, 1.54) is 5.56 Å². The van der Waals surface area contributed by atoms with Gasteiger partial charge in [-0.1, -0.05) is 41.4 Å². The Balaban J connectivity index is 2.88. The smallest absolute Gasteiger partial charge is 0.0624 e. The van der Waals surface area contributed by atoms with E-state index < -0.39 is 0 Å². The van der Waals surface area contributed by atoms with Gasteiger partial charge in [0.1, 0.15) is 0 Å². The number of alkyl halides is 1. The van der Waals surface area contributed by atoms with Crippen molar-refractivity contribution < 1.29 is 0 Å². The van der Waals surface area contributed by atoms with Gasteiger partial charge in [-0.2, -0.15) is 0 Å². The van der Waals surface area contributed by atoms with E-state index in [1.54, 1.807) is 12.4 Å². The van der Waals surface area contributed by atoms with E-state index >= 15 is 0 Å². The van der Waals surface area contributed by atoms with E-state index in [2.05, 4.69) is 34.8 Å². The SMILES string of the molecule is CCC(Br)C(C)c1ccncc1Cl. The molecule has 0 aliphatic carbocycles. The molecular weight excluding hydrogens is 249 g/mol. The van der Waals surface area contributed by atoms with Crippen LogP contribution in [0.15, 0.2) is 18.5 Å². The van der Waals surface area contributed by atoms with Crippen molar-refractivity contribution in [3.63, 3.8) is 0 Å². The van der Waals surface area contributed by atoms with Crippen molar-refractivity contribution in [2.75, 3.05) is 0 Å². The first-order chi connectivity index (χ1) is 6.16. The standard InChI is InChI=1S/C10H13BrClN/c1-3-9(11)7(2)8-4-5-13-6-10(8)12/h4-7,9H,3H2,1-2H3. The monoisotopic (exact) mass is 261 g/mol. The second-order valence-electron chi connectivity index (χ2n) is 3.11. The molecule has 1 heterocycles.